The number of ether oxygens (including phenoxy) is 1. The minimum Gasteiger partial charge on any atom is -0.382 e. The fraction of sp³-hybridized carbons (Fsp3) is 0.706. The van der Waals surface area contributed by atoms with Gasteiger partial charge < -0.3 is 10.1 Å². The zero-order chi connectivity index (χ0) is 18.4. The zero-order valence-electron chi connectivity index (χ0n) is 15.2. The van der Waals surface area contributed by atoms with Crippen molar-refractivity contribution in [3.8, 4) is 0 Å². The molecule has 1 saturated heterocycles. The number of hydrogen-bond donors (Lipinski definition) is 1. The molecule has 1 fully saturated rings. The van der Waals surface area contributed by atoms with E-state index in [1.165, 1.54) is 15.6 Å². The number of carbonyl (C=O) groups excluding carboxylic acids is 1. The predicted octanol–water partition coefficient (Wildman–Crippen LogP) is 2.31. The van der Waals surface area contributed by atoms with Crippen LogP contribution in [0.5, 0.6) is 0 Å². The number of aryl methyl sites for hydroxylation is 2. The van der Waals surface area contributed by atoms with Gasteiger partial charge in [-0.1, -0.05) is 0 Å². The summed E-state index contributed by atoms with van der Waals surface area (Å²) in [5, 5.41) is 2.92. The SMILES string of the molecule is CCOCCCNC(=O)C1CCN(S(=O)(=O)c2cc(C)sc2C)CC1. The molecule has 0 spiro atoms. The molecule has 1 aliphatic rings. The van der Waals surface area contributed by atoms with Crippen molar-refractivity contribution in [1.29, 1.82) is 0 Å². The third kappa shape index (κ3) is 5.26. The first-order valence-corrected chi connectivity index (χ1v) is 11.0. The molecule has 8 heteroatoms. The number of thiophene rings is 1. The average molecular weight is 389 g/mol. The molecule has 1 aliphatic heterocycles. The molecular weight excluding hydrogens is 360 g/mol. The van der Waals surface area contributed by atoms with E-state index >= 15 is 0 Å². The lowest BCUT2D eigenvalue weighted by molar-refractivity contribution is -0.126. The number of amides is 1. The minimum absolute atomic E-state index is 0.0242. The average Bonchev–Trinajstić information content (AvgIpc) is 2.94. The third-order valence-corrected chi connectivity index (χ3v) is 7.53. The molecule has 2 heterocycles. The molecular formula is C17H28N2O4S2. The molecule has 0 saturated carbocycles. The summed E-state index contributed by atoms with van der Waals surface area (Å²) in [6.07, 6.45) is 1.93. The van der Waals surface area contributed by atoms with Gasteiger partial charge in [0.2, 0.25) is 15.9 Å². The van der Waals surface area contributed by atoms with Crippen LogP contribution in [0.4, 0.5) is 0 Å². The molecule has 1 amide bonds. The maximum atomic E-state index is 12.8. The summed E-state index contributed by atoms with van der Waals surface area (Å²) in [5.41, 5.74) is 0. The molecule has 1 aromatic rings. The quantitative estimate of drug-likeness (QED) is 0.694. The highest BCUT2D eigenvalue weighted by molar-refractivity contribution is 7.89. The van der Waals surface area contributed by atoms with Crippen LogP contribution in [0.1, 0.15) is 35.9 Å². The van der Waals surface area contributed by atoms with Crippen molar-refractivity contribution >= 4 is 27.3 Å². The van der Waals surface area contributed by atoms with E-state index in [9.17, 15) is 13.2 Å². The molecule has 6 nitrogen and oxygen atoms in total. The van der Waals surface area contributed by atoms with E-state index in [4.69, 9.17) is 4.74 Å². The van der Waals surface area contributed by atoms with Gasteiger partial charge in [0.25, 0.3) is 0 Å². The van der Waals surface area contributed by atoms with Crippen LogP contribution in [0.3, 0.4) is 0 Å². The van der Waals surface area contributed by atoms with Gasteiger partial charge in [-0.05, 0) is 46.1 Å². The lowest BCUT2D eigenvalue weighted by Crippen LogP contribution is -2.43. The molecule has 1 aromatic heterocycles. The number of nitrogens with zero attached hydrogens (tertiary/aromatic N) is 1. The molecule has 2 rings (SSSR count). The zero-order valence-corrected chi connectivity index (χ0v) is 16.8. The van der Waals surface area contributed by atoms with Crippen LogP contribution in [0.2, 0.25) is 0 Å². The number of rotatable bonds is 8. The topological polar surface area (TPSA) is 75.7 Å². The molecule has 1 N–H and O–H groups in total. The summed E-state index contributed by atoms with van der Waals surface area (Å²) >= 11 is 1.50. The van der Waals surface area contributed by atoms with Gasteiger partial charge in [-0.2, -0.15) is 4.31 Å². The Morgan fingerprint density at radius 2 is 2.04 bits per heavy atom. The summed E-state index contributed by atoms with van der Waals surface area (Å²) in [4.78, 5) is 14.4. The van der Waals surface area contributed by atoms with Crippen molar-refractivity contribution < 1.29 is 17.9 Å². The van der Waals surface area contributed by atoms with Gasteiger partial charge in [0.05, 0.1) is 4.90 Å². The highest BCUT2D eigenvalue weighted by Gasteiger charge is 2.33. The largest absolute Gasteiger partial charge is 0.382 e. The Morgan fingerprint density at radius 1 is 1.36 bits per heavy atom. The number of hydrogen-bond acceptors (Lipinski definition) is 5. The number of nitrogens with one attached hydrogen (secondary N) is 1. The first kappa shape index (κ1) is 20.4. The minimum atomic E-state index is -3.45. The first-order chi connectivity index (χ1) is 11.9. The highest BCUT2D eigenvalue weighted by atomic mass is 32.2. The molecule has 0 aromatic carbocycles. The van der Waals surface area contributed by atoms with Gasteiger partial charge in [-0.25, -0.2) is 8.42 Å². The van der Waals surface area contributed by atoms with Gasteiger partial charge in [-0.3, -0.25) is 4.79 Å². The van der Waals surface area contributed by atoms with Gasteiger partial charge >= 0.3 is 0 Å². The second-order valence-electron chi connectivity index (χ2n) is 6.30. The van der Waals surface area contributed by atoms with Crippen molar-refractivity contribution in [3.63, 3.8) is 0 Å². The molecule has 0 unspecified atom stereocenters. The fourth-order valence-corrected chi connectivity index (χ4v) is 6.03. The van der Waals surface area contributed by atoms with Crippen molar-refractivity contribution in [2.45, 2.75) is 44.9 Å². The molecule has 0 atom stereocenters. The van der Waals surface area contributed by atoms with Gasteiger partial charge in [0.15, 0.2) is 0 Å². The predicted molar refractivity (Wildman–Crippen MR) is 99.4 cm³/mol. The van der Waals surface area contributed by atoms with Crippen molar-refractivity contribution in [2.75, 3.05) is 32.8 Å². The number of sulfonamides is 1. The van der Waals surface area contributed by atoms with Crippen molar-refractivity contribution in [3.05, 3.63) is 15.8 Å². The summed E-state index contributed by atoms with van der Waals surface area (Å²) < 4.78 is 32.3. The smallest absolute Gasteiger partial charge is 0.244 e. The molecule has 0 bridgehead atoms. The van der Waals surface area contributed by atoms with Crippen LogP contribution in [-0.2, 0) is 19.6 Å². The summed E-state index contributed by atoms with van der Waals surface area (Å²) in [6.45, 7) is 8.42. The van der Waals surface area contributed by atoms with E-state index in [0.29, 0.717) is 50.6 Å². The van der Waals surface area contributed by atoms with Crippen LogP contribution in [0.15, 0.2) is 11.0 Å². The Hall–Kier alpha value is -0.960. The summed E-state index contributed by atoms with van der Waals surface area (Å²) in [6, 6.07) is 1.74. The van der Waals surface area contributed by atoms with Crippen LogP contribution in [0, 0.1) is 19.8 Å². The lowest BCUT2D eigenvalue weighted by atomic mass is 9.97. The van der Waals surface area contributed by atoms with E-state index in [2.05, 4.69) is 5.32 Å². The second kappa shape index (κ2) is 9.12. The van der Waals surface area contributed by atoms with Crippen LogP contribution >= 0.6 is 11.3 Å². The van der Waals surface area contributed by atoms with Gasteiger partial charge in [0, 0.05) is 48.5 Å². The Kier molecular flexibility index (Phi) is 7.42. The van der Waals surface area contributed by atoms with Crippen molar-refractivity contribution in [1.82, 2.24) is 9.62 Å². The van der Waals surface area contributed by atoms with Crippen LogP contribution in [0.25, 0.3) is 0 Å². The van der Waals surface area contributed by atoms with E-state index < -0.39 is 10.0 Å². The molecule has 25 heavy (non-hydrogen) atoms. The standard InChI is InChI=1S/C17H28N2O4S2/c1-4-23-11-5-8-18-17(20)15-6-9-19(10-7-15)25(21,22)16-12-13(2)24-14(16)3/h12,15H,4-11H2,1-3H3,(H,18,20). The molecule has 0 aliphatic carbocycles. The van der Waals surface area contributed by atoms with Crippen LogP contribution in [-0.4, -0.2) is 51.5 Å². The Bertz CT molecular complexity index is 677. The van der Waals surface area contributed by atoms with E-state index in [-0.39, 0.29) is 11.8 Å². The van der Waals surface area contributed by atoms with E-state index in [1.807, 2.05) is 20.8 Å². The lowest BCUT2D eigenvalue weighted by Gasteiger charge is -2.30. The van der Waals surface area contributed by atoms with Gasteiger partial charge in [0.1, 0.15) is 0 Å². The first-order valence-electron chi connectivity index (χ1n) is 8.79. The third-order valence-electron chi connectivity index (χ3n) is 4.41. The van der Waals surface area contributed by atoms with Crippen molar-refractivity contribution in [2.24, 2.45) is 5.92 Å². The normalized spacial score (nSPS) is 16.9. The molecule has 0 radical (unpaired) electrons. The van der Waals surface area contributed by atoms with E-state index in [0.717, 1.165) is 16.2 Å². The number of carbonyl (C=O) groups is 1. The Morgan fingerprint density at radius 3 is 2.60 bits per heavy atom. The van der Waals surface area contributed by atoms with E-state index in [1.54, 1.807) is 6.07 Å². The maximum Gasteiger partial charge on any atom is 0.244 e. The van der Waals surface area contributed by atoms with Gasteiger partial charge in [-0.15, -0.1) is 11.3 Å². The Labute approximate surface area is 154 Å². The highest BCUT2D eigenvalue weighted by Crippen LogP contribution is 2.30. The summed E-state index contributed by atoms with van der Waals surface area (Å²) in [5.74, 6) is -0.0834. The fourth-order valence-electron chi connectivity index (χ4n) is 3.04. The van der Waals surface area contributed by atoms with Crippen LogP contribution < -0.4 is 5.32 Å². The second-order valence-corrected chi connectivity index (χ2v) is 9.66. The Balaban J connectivity index is 1.84. The maximum absolute atomic E-state index is 12.8. The summed E-state index contributed by atoms with van der Waals surface area (Å²) in [7, 11) is -3.45. The molecule has 142 valence electrons. The monoisotopic (exact) mass is 388 g/mol. The number of piperidine rings is 1.